The largest absolute Gasteiger partial charge is 0.385 e. The Morgan fingerprint density at radius 2 is 1.78 bits per heavy atom. The number of nitrogens with one attached hydrogen (secondary N) is 4. The van der Waals surface area contributed by atoms with E-state index in [1.54, 1.807) is 4.90 Å². The summed E-state index contributed by atoms with van der Waals surface area (Å²) in [6.45, 7) is 11.7. The summed E-state index contributed by atoms with van der Waals surface area (Å²) < 4.78 is 0. The van der Waals surface area contributed by atoms with Gasteiger partial charge in [-0.2, -0.15) is 10.5 Å². The molecule has 2 amide bonds. The lowest BCUT2D eigenvalue weighted by molar-refractivity contribution is -0.131. The maximum Gasteiger partial charge on any atom is 0.251 e. The number of nitriles is 1. The van der Waals surface area contributed by atoms with Gasteiger partial charge in [0.05, 0.1) is 18.0 Å². The summed E-state index contributed by atoms with van der Waals surface area (Å²) in [5.74, 6) is 0.849. The van der Waals surface area contributed by atoms with Gasteiger partial charge >= 0.3 is 0 Å². The summed E-state index contributed by atoms with van der Waals surface area (Å²) in [7, 11) is 0. The standard InChI is InChI=1S/C34H41N9O2/c1-5-36-21(4)22-9-11-28-23(13-22)7-8-24-14-25(32(45)37-6-2)10-12-29(24)34(28,33-39-41-42-40-33)17-20(3)38-19-31(44)43-27(18-35)15-26-16-30(26)43/h9-14,20,26-27,30,36,38H,4-8,15-17,19H2,1-3H3,(H,37,45)(H,39,40,41,42)/t20-,26-,27?,30+,34?/m1/s1. The average Bonchev–Trinajstić information content (AvgIpc) is 3.42. The first-order valence-corrected chi connectivity index (χ1v) is 16.0. The van der Waals surface area contributed by atoms with Crippen LogP contribution < -0.4 is 16.0 Å². The van der Waals surface area contributed by atoms with Gasteiger partial charge < -0.3 is 20.9 Å². The smallest absolute Gasteiger partial charge is 0.251 e. The number of tetrazole rings is 1. The molecule has 6 rings (SSSR count). The number of H-pyrrole nitrogens is 1. The molecule has 45 heavy (non-hydrogen) atoms. The van der Waals surface area contributed by atoms with Crippen LogP contribution in [-0.4, -0.2) is 75.1 Å². The highest BCUT2D eigenvalue weighted by molar-refractivity contribution is 5.94. The van der Waals surface area contributed by atoms with Crippen LogP contribution in [0.2, 0.25) is 0 Å². The van der Waals surface area contributed by atoms with Gasteiger partial charge in [-0.1, -0.05) is 30.0 Å². The van der Waals surface area contributed by atoms with E-state index in [1.165, 1.54) is 0 Å². The monoisotopic (exact) mass is 607 g/mol. The summed E-state index contributed by atoms with van der Waals surface area (Å²) in [5, 5.41) is 35.2. The fraction of sp³-hybridized carbons (Fsp3) is 0.471. The van der Waals surface area contributed by atoms with Crippen molar-refractivity contribution in [2.24, 2.45) is 5.92 Å². The van der Waals surface area contributed by atoms with Crippen LogP contribution in [0.3, 0.4) is 0 Å². The number of fused-ring (bicyclic) bond motifs is 3. The summed E-state index contributed by atoms with van der Waals surface area (Å²) in [6.07, 6.45) is 3.77. The van der Waals surface area contributed by atoms with Crippen molar-refractivity contribution in [2.45, 2.75) is 76.4 Å². The van der Waals surface area contributed by atoms with Crippen LogP contribution in [0.1, 0.15) is 84.0 Å². The molecule has 11 heteroatoms. The topological polar surface area (TPSA) is 152 Å². The van der Waals surface area contributed by atoms with E-state index < -0.39 is 5.41 Å². The fourth-order valence-corrected chi connectivity index (χ4v) is 7.46. The van der Waals surface area contributed by atoms with E-state index in [9.17, 15) is 14.9 Å². The molecule has 0 bridgehead atoms. The van der Waals surface area contributed by atoms with Crippen molar-refractivity contribution in [1.29, 1.82) is 5.26 Å². The van der Waals surface area contributed by atoms with E-state index in [2.05, 4.69) is 74.3 Å². The number of aryl methyl sites for hydroxylation is 2. The molecule has 2 unspecified atom stereocenters. The zero-order valence-corrected chi connectivity index (χ0v) is 26.2. The Morgan fingerprint density at radius 3 is 2.42 bits per heavy atom. The van der Waals surface area contributed by atoms with Gasteiger partial charge in [0.2, 0.25) is 5.91 Å². The molecular weight excluding hydrogens is 566 g/mol. The van der Waals surface area contributed by atoms with Crippen molar-refractivity contribution in [2.75, 3.05) is 19.6 Å². The number of aromatic amines is 1. The second kappa shape index (κ2) is 12.4. The molecule has 1 saturated heterocycles. The number of rotatable bonds is 11. The van der Waals surface area contributed by atoms with Crippen LogP contribution in [0.15, 0.2) is 43.0 Å². The zero-order valence-electron chi connectivity index (χ0n) is 26.2. The van der Waals surface area contributed by atoms with Gasteiger partial charge in [0.15, 0.2) is 5.82 Å². The van der Waals surface area contributed by atoms with Crippen molar-refractivity contribution in [3.63, 3.8) is 0 Å². The molecule has 5 atom stereocenters. The summed E-state index contributed by atoms with van der Waals surface area (Å²) in [5.41, 5.74) is 5.91. The highest BCUT2D eigenvalue weighted by Gasteiger charge is 2.54. The molecule has 4 N–H and O–H groups in total. The first-order chi connectivity index (χ1) is 21.8. The van der Waals surface area contributed by atoms with Crippen molar-refractivity contribution in [1.82, 2.24) is 41.5 Å². The van der Waals surface area contributed by atoms with Crippen LogP contribution in [-0.2, 0) is 23.1 Å². The minimum absolute atomic E-state index is 0.0353. The van der Waals surface area contributed by atoms with Crippen LogP contribution in [0.25, 0.3) is 5.70 Å². The normalized spacial score (nSPS) is 23.5. The van der Waals surface area contributed by atoms with E-state index in [0.717, 1.165) is 65.7 Å². The van der Waals surface area contributed by atoms with Crippen LogP contribution >= 0.6 is 0 Å². The van der Waals surface area contributed by atoms with E-state index in [4.69, 9.17) is 0 Å². The van der Waals surface area contributed by atoms with Gasteiger partial charge in [0, 0.05) is 36.4 Å². The third kappa shape index (κ3) is 5.59. The van der Waals surface area contributed by atoms with Gasteiger partial charge in [-0.15, -0.1) is 10.2 Å². The van der Waals surface area contributed by atoms with Crippen LogP contribution in [0, 0.1) is 17.2 Å². The summed E-state index contributed by atoms with van der Waals surface area (Å²) in [6, 6.07) is 14.3. The number of carbonyl (C=O) groups excluding carboxylic acids is 2. The summed E-state index contributed by atoms with van der Waals surface area (Å²) in [4.78, 5) is 28.0. The van der Waals surface area contributed by atoms with Gasteiger partial charge in [-0.3, -0.25) is 9.59 Å². The SMILES string of the molecule is C=C(NCC)c1ccc2c(c1)CCc1cc(C(=O)NCC)ccc1C2(C[C@@H](C)NCC(=O)N1C(C#N)C[C@@H]2C[C@@H]21)c1nn[nH]n1. The molecule has 0 spiro atoms. The van der Waals surface area contributed by atoms with Crippen molar-refractivity contribution < 1.29 is 9.59 Å². The first kappa shape index (κ1) is 30.5. The molecule has 11 nitrogen and oxygen atoms in total. The lowest BCUT2D eigenvalue weighted by Gasteiger charge is -2.36. The number of aromatic nitrogens is 4. The first-order valence-electron chi connectivity index (χ1n) is 16.0. The van der Waals surface area contributed by atoms with E-state index >= 15 is 0 Å². The highest BCUT2D eigenvalue weighted by atomic mass is 16.2. The Labute approximate surface area is 263 Å². The molecule has 2 aromatic carbocycles. The van der Waals surface area contributed by atoms with Crippen LogP contribution in [0.4, 0.5) is 0 Å². The molecule has 3 aromatic rings. The molecule has 1 aromatic heterocycles. The third-order valence-corrected chi connectivity index (χ3v) is 9.61. The number of likely N-dealkylation sites (tertiary alicyclic amines) is 1. The van der Waals surface area contributed by atoms with Gasteiger partial charge in [-0.05, 0) is 105 Å². The number of benzene rings is 2. The Balaban J connectivity index is 1.40. The molecule has 0 radical (unpaired) electrons. The van der Waals surface area contributed by atoms with E-state index in [-0.39, 0.29) is 36.5 Å². The van der Waals surface area contributed by atoms with Gasteiger partial charge in [0.1, 0.15) is 6.04 Å². The Kier molecular flexibility index (Phi) is 8.42. The number of piperidine rings is 1. The zero-order chi connectivity index (χ0) is 31.7. The Bertz CT molecular complexity index is 1570. The van der Waals surface area contributed by atoms with Gasteiger partial charge in [-0.25, -0.2) is 0 Å². The minimum Gasteiger partial charge on any atom is -0.385 e. The Morgan fingerprint density at radius 1 is 1.09 bits per heavy atom. The number of carbonyl (C=O) groups is 2. The number of amides is 2. The molecule has 2 heterocycles. The lowest BCUT2D eigenvalue weighted by atomic mass is 9.67. The fourth-order valence-electron chi connectivity index (χ4n) is 7.46. The quantitative estimate of drug-likeness (QED) is 0.260. The number of nitrogens with zero attached hydrogens (tertiary/aromatic N) is 5. The minimum atomic E-state index is -0.828. The Hall–Kier alpha value is -4.56. The second-order valence-electron chi connectivity index (χ2n) is 12.5. The molecule has 2 fully saturated rings. The maximum absolute atomic E-state index is 13.3. The maximum atomic E-state index is 13.3. The number of hydrogen-bond donors (Lipinski definition) is 4. The van der Waals surface area contributed by atoms with Crippen molar-refractivity contribution in [3.05, 3.63) is 82.2 Å². The predicted octanol–water partition coefficient (Wildman–Crippen LogP) is 2.84. The lowest BCUT2D eigenvalue weighted by Crippen LogP contribution is -2.46. The molecule has 2 aliphatic carbocycles. The second-order valence-corrected chi connectivity index (χ2v) is 12.5. The average molecular weight is 608 g/mol. The van der Waals surface area contributed by atoms with Crippen molar-refractivity contribution in [3.8, 4) is 6.07 Å². The molecule has 3 aliphatic rings. The van der Waals surface area contributed by atoms with Crippen molar-refractivity contribution >= 4 is 17.5 Å². The molecule has 1 saturated carbocycles. The third-order valence-electron chi connectivity index (χ3n) is 9.61. The van der Waals surface area contributed by atoms with Crippen LogP contribution in [0.5, 0.6) is 0 Å². The molecule has 234 valence electrons. The highest BCUT2D eigenvalue weighted by Crippen LogP contribution is 2.48. The number of hydrogen-bond acceptors (Lipinski definition) is 8. The van der Waals surface area contributed by atoms with E-state index in [0.29, 0.717) is 30.3 Å². The molecule has 1 aliphatic heterocycles. The summed E-state index contributed by atoms with van der Waals surface area (Å²) >= 11 is 0. The predicted molar refractivity (Wildman–Crippen MR) is 170 cm³/mol. The van der Waals surface area contributed by atoms with E-state index in [1.807, 2.05) is 32.0 Å². The van der Waals surface area contributed by atoms with Gasteiger partial charge in [0.25, 0.3) is 5.91 Å². The molecular formula is C34H41N9O2.